The standard InChI is InChI=1S/C12H14ClN3O2/c1-6-4-8(17-3)11(13)7(2)10(6)12-15-9(5-14)18-16-12/h4H,5,14H2,1-3H3. The minimum atomic E-state index is 0.217. The molecule has 0 bridgehead atoms. The van der Waals surface area contributed by atoms with Crippen molar-refractivity contribution < 1.29 is 9.26 Å². The highest BCUT2D eigenvalue weighted by atomic mass is 35.5. The van der Waals surface area contributed by atoms with Crippen LogP contribution in [-0.2, 0) is 6.54 Å². The minimum Gasteiger partial charge on any atom is -0.495 e. The highest BCUT2D eigenvalue weighted by Crippen LogP contribution is 2.36. The van der Waals surface area contributed by atoms with Gasteiger partial charge in [-0.2, -0.15) is 4.98 Å². The lowest BCUT2D eigenvalue weighted by Gasteiger charge is -2.11. The number of methoxy groups -OCH3 is 1. The molecule has 0 atom stereocenters. The predicted molar refractivity (Wildman–Crippen MR) is 68.7 cm³/mol. The second-order valence-electron chi connectivity index (χ2n) is 3.93. The first kappa shape index (κ1) is 12.9. The van der Waals surface area contributed by atoms with Crippen molar-refractivity contribution >= 4 is 11.6 Å². The van der Waals surface area contributed by atoms with E-state index < -0.39 is 0 Å². The quantitative estimate of drug-likeness (QED) is 0.925. The summed E-state index contributed by atoms with van der Waals surface area (Å²) in [5.74, 6) is 1.53. The fourth-order valence-corrected chi connectivity index (χ4v) is 2.08. The molecule has 6 heteroatoms. The van der Waals surface area contributed by atoms with E-state index in [2.05, 4.69) is 10.1 Å². The van der Waals surface area contributed by atoms with Gasteiger partial charge in [-0.05, 0) is 31.0 Å². The van der Waals surface area contributed by atoms with Crippen molar-refractivity contribution in [3.63, 3.8) is 0 Å². The van der Waals surface area contributed by atoms with Crippen LogP contribution in [0.15, 0.2) is 10.6 Å². The van der Waals surface area contributed by atoms with Gasteiger partial charge in [0.05, 0.1) is 18.7 Å². The van der Waals surface area contributed by atoms with Crippen LogP contribution in [0.2, 0.25) is 5.02 Å². The maximum absolute atomic E-state index is 6.23. The smallest absolute Gasteiger partial charge is 0.240 e. The Morgan fingerprint density at radius 2 is 2.17 bits per heavy atom. The molecule has 0 radical (unpaired) electrons. The molecule has 0 unspecified atom stereocenters. The van der Waals surface area contributed by atoms with Gasteiger partial charge in [0.25, 0.3) is 0 Å². The topological polar surface area (TPSA) is 74.2 Å². The number of aromatic nitrogens is 2. The summed E-state index contributed by atoms with van der Waals surface area (Å²) < 4.78 is 10.2. The summed E-state index contributed by atoms with van der Waals surface area (Å²) >= 11 is 6.23. The number of aryl methyl sites for hydroxylation is 1. The zero-order valence-electron chi connectivity index (χ0n) is 10.5. The second-order valence-corrected chi connectivity index (χ2v) is 4.30. The molecule has 2 N–H and O–H groups in total. The molecule has 1 aromatic carbocycles. The zero-order valence-corrected chi connectivity index (χ0v) is 11.2. The van der Waals surface area contributed by atoms with Gasteiger partial charge in [0.2, 0.25) is 11.7 Å². The number of hydrogen-bond donors (Lipinski definition) is 1. The largest absolute Gasteiger partial charge is 0.495 e. The number of rotatable bonds is 3. The predicted octanol–water partition coefficient (Wildman–Crippen LogP) is 2.47. The SMILES string of the molecule is COc1cc(C)c(-c2noc(CN)n2)c(C)c1Cl. The molecular weight excluding hydrogens is 254 g/mol. The van der Waals surface area contributed by atoms with E-state index >= 15 is 0 Å². The molecule has 0 aliphatic heterocycles. The summed E-state index contributed by atoms with van der Waals surface area (Å²) in [5, 5.41) is 4.46. The van der Waals surface area contributed by atoms with Gasteiger partial charge in [-0.15, -0.1) is 0 Å². The average molecular weight is 268 g/mol. The van der Waals surface area contributed by atoms with Crippen LogP contribution in [0.4, 0.5) is 0 Å². The van der Waals surface area contributed by atoms with Crippen molar-refractivity contribution in [2.24, 2.45) is 5.73 Å². The van der Waals surface area contributed by atoms with E-state index in [0.29, 0.717) is 22.5 Å². The molecule has 5 nitrogen and oxygen atoms in total. The molecule has 0 saturated carbocycles. The molecule has 0 aliphatic carbocycles. The van der Waals surface area contributed by atoms with Crippen LogP contribution < -0.4 is 10.5 Å². The number of ether oxygens (including phenoxy) is 1. The highest BCUT2D eigenvalue weighted by molar-refractivity contribution is 6.33. The third-order valence-corrected chi connectivity index (χ3v) is 3.22. The maximum Gasteiger partial charge on any atom is 0.240 e. The van der Waals surface area contributed by atoms with Crippen molar-refractivity contribution in [1.82, 2.24) is 10.1 Å². The Morgan fingerprint density at radius 1 is 1.44 bits per heavy atom. The number of benzene rings is 1. The Balaban J connectivity index is 2.60. The minimum absolute atomic E-state index is 0.217. The lowest BCUT2D eigenvalue weighted by atomic mass is 10.0. The third kappa shape index (κ3) is 2.07. The lowest BCUT2D eigenvalue weighted by molar-refractivity contribution is 0.380. The van der Waals surface area contributed by atoms with E-state index in [9.17, 15) is 0 Å². The number of nitrogens with zero attached hydrogens (tertiary/aromatic N) is 2. The van der Waals surface area contributed by atoms with E-state index in [1.807, 2.05) is 19.9 Å². The Hall–Kier alpha value is -1.59. The van der Waals surface area contributed by atoms with Crippen LogP contribution >= 0.6 is 11.6 Å². The summed E-state index contributed by atoms with van der Waals surface area (Å²) in [6.07, 6.45) is 0. The Bertz CT molecular complexity index is 581. The molecule has 18 heavy (non-hydrogen) atoms. The van der Waals surface area contributed by atoms with Gasteiger partial charge in [0.1, 0.15) is 5.75 Å². The Labute approximate surface area is 110 Å². The number of halogens is 1. The first-order valence-electron chi connectivity index (χ1n) is 5.45. The summed E-state index contributed by atoms with van der Waals surface area (Å²) in [5.41, 5.74) is 8.13. The number of nitrogens with two attached hydrogens (primary N) is 1. The van der Waals surface area contributed by atoms with Gasteiger partial charge in [0.15, 0.2) is 0 Å². The molecule has 96 valence electrons. The molecule has 0 saturated heterocycles. The fraction of sp³-hybridized carbons (Fsp3) is 0.333. The van der Waals surface area contributed by atoms with E-state index in [4.69, 9.17) is 26.6 Å². The summed E-state index contributed by atoms with van der Waals surface area (Å²) in [7, 11) is 1.58. The van der Waals surface area contributed by atoms with Gasteiger partial charge < -0.3 is 15.0 Å². The molecule has 0 fully saturated rings. The fourth-order valence-electron chi connectivity index (χ4n) is 1.85. The zero-order chi connectivity index (χ0) is 13.3. The van der Waals surface area contributed by atoms with Crippen molar-refractivity contribution in [3.8, 4) is 17.1 Å². The van der Waals surface area contributed by atoms with Gasteiger partial charge in [-0.3, -0.25) is 0 Å². The van der Waals surface area contributed by atoms with Crippen molar-refractivity contribution in [1.29, 1.82) is 0 Å². The normalized spacial score (nSPS) is 10.7. The molecule has 0 aliphatic rings. The van der Waals surface area contributed by atoms with E-state index in [-0.39, 0.29) is 6.54 Å². The summed E-state index contributed by atoms with van der Waals surface area (Å²) in [4.78, 5) is 4.22. The van der Waals surface area contributed by atoms with Crippen LogP contribution in [0, 0.1) is 13.8 Å². The van der Waals surface area contributed by atoms with Crippen molar-refractivity contribution in [2.75, 3.05) is 7.11 Å². The van der Waals surface area contributed by atoms with Gasteiger partial charge in [-0.1, -0.05) is 16.8 Å². The molecule has 0 spiro atoms. The van der Waals surface area contributed by atoms with Crippen LogP contribution in [0.1, 0.15) is 17.0 Å². The van der Waals surface area contributed by atoms with Crippen LogP contribution in [0.3, 0.4) is 0 Å². The first-order chi connectivity index (χ1) is 8.58. The van der Waals surface area contributed by atoms with E-state index in [0.717, 1.165) is 16.7 Å². The molecule has 0 amide bonds. The third-order valence-electron chi connectivity index (χ3n) is 2.75. The Morgan fingerprint density at radius 3 is 2.72 bits per heavy atom. The van der Waals surface area contributed by atoms with Gasteiger partial charge in [-0.25, -0.2) is 0 Å². The van der Waals surface area contributed by atoms with Gasteiger partial charge in [0, 0.05) is 5.56 Å². The van der Waals surface area contributed by atoms with Crippen molar-refractivity contribution in [3.05, 3.63) is 28.1 Å². The van der Waals surface area contributed by atoms with Gasteiger partial charge >= 0.3 is 0 Å². The molecule has 2 aromatic rings. The van der Waals surface area contributed by atoms with Crippen LogP contribution in [0.25, 0.3) is 11.4 Å². The molecule has 1 heterocycles. The van der Waals surface area contributed by atoms with E-state index in [1.165, 1.54) is 0 Å². The van der Waals surface area contributed by atoms with Crippen LogP contribution in [0.5, 0.6) is 5.75 Å². The highest BCUT2D eigenvalue weighted by Gasteiger charge is 2.17. The second kappa shape index (κ2) is 4.96. The first-order valence-corrected chi connectivity index (χ1v) is 5.83. The molecular formula is C12H14ClN3O2. The summed E-state index contributed by atoms with van der Waals surface area (Å²) in [6.45, 7) is 4.06. The van der Waals surface area contributed by atoms with Crippen molar-refractivity contribution in [2.45, 2.75) is 20.4 Å². The molecule has 1 aromatic heterocycles. The maximum atomic E-state index is 6.23. The lowest BCUT2D eigenvalue weighted by Crippen LogP contribution is -1.97. The van der Waals surface area contributed by atoms with E-state index in [1.54, 1.807) is 7.11 Å². The molecule has 2 rings (SSSR count). The average Bonchev–Trinajstić information content (AvgIpc) is 2.82. The summed E-state index contributed by atoms with van der Waals surface area (Å²) in [6, 6.07) is 1.85. The monoisotopic (exact) mass is 267 g/mol. The Kier molecular flexibility index (Phi) is 3.54. The van der Waals surface area contributed by atoms with Crippen LogP contribution in [-0.4, -0.2) is 17.3 Å². The number of hydrogen-bond acceptors (Lipinski definition) is 5.